The zero-order valence-electron chi connectivity index (χ0n) is 12.6. The molecule has 0 unspecified atom stereocenters. The van der Waals surface area contributed by atoms with E-state index < -0.39 is 5.97 Å². The molecule has 0 bridgehead atoms. The molecule has 0 aliphatic rings. The highest BCUT2D eigenvalue weighted by Crippen LogP contribution is 2.21. The van der Waals surface area contributed by atoms with Crippen molar-refractivity contribution in [1.82, 2.24) is 4.98 Å². The number of aromatic amines is 1. The van der Waals surface area contributed by atoms with Gasteiger partial charge in [-0.15, -0.1) is 11.8 Å². The van der Waals surface area contributed by atoms with Gasteiger partial charge < -0.3 is 9.72 Å². The molecule has 0 fully saturated rings. The molecule has 0 spiro atoms. The fraction of sp³-hybridized carbons (Fsp3) is 0.111. The first-order valence-electron chi connectivity index (χ1n) is 7.27. The summed E-state index contributed by atoms with van der Waals surface area (Å²) in [7, 11) is 0. The lowest BCUT2D eigenvalue weighted by molar-refractivity contribution is -0.139. The molecule has 1 N–H and O–H groups in total. The molecular weight excluding hydrogens is 346 g/mol. The summed E-state index contributed by atoms with van der Waals surface area (Å²) >= 11 is 7.15. The minimum Gasteiger partial charge on any atom is -0.457 e. The molecule has 3 rings (SSSR count). The van der Waals surface area contributed by atoms with Gasteiger partial charge in [-0.3, -0.25) is 9.59 Å². The van der Waals surface area contributed by atoms with Gasteiger partial charge >= 0.3 is 5.97 Å². The SMILES string of the molecule is O=C(CSc1ccc(Cl)cc1)OCC(=O)c1c[nH]c2ccccc12. The maximum Gasteiger partial charge on any atom is 0.316 e. The van der Waals surface area contributed by atoms with Gasteiger partial charge in [0.15, 0.2) is 6.61 Å². The van der Waals surface area contributed by atoms with Crippen molar-refractivity contribution in [2.45, 2.75) is 4.90 Å². The summed E-state index contributed by atoms with van der Waals surface area (Å²) in [6.07, 6.45) is 1.64. The number of hydrogen-bond acceptors (Lipinski definition) is 4. The first kappa shape index (κ1) is 16.6. The van der Waals surface area contributed by atoms with Crippen molar-refractivity contribution in [3.8, 4) is 0 Å². The molecule has 0 saturated heterocycles. The van der Waals surface area contributed by atoms with E-state index in [9.17, 15) is 9.59 Å². The normalized spacial score (nSPS) is 10.7. The third kappa shape index (κ3) is 3.99. The van der Waals surface area contributed by atoms with Crippen molar-refractivity contribution in [2.24, 2.45) is 0 Å². The van der Waals surface area contributed by atoms with Crippen molar-refractivity contribution in [3.63, 3.8) is 0 Å². The molecule has 3 aromatic rings. The second kappa shape index (κ2) is 7.55. The van der Waals surface area contributed by atoms with E-state index in [2.05, 4.69) is 4.98 Å². The Morgan fingerprint density at radius 2 is 1.83 bits per heavy atom. The number of benzene rings is 2. The number of halogens is 1. The number of aromatic nitrogens is 1. The predicted octanol–water partition coefficient (Wildman–Crippen LogP) is 4.34. The number of Topliss-reactive ketones (excluding diaryl/α,β-unsaturated/α-hetero) is 1. The fourth-order valence-electron chi connectivity index (χ4n) is 2.24. The standard InChI is InChI=1S/C18H14ClNO3S/c19-12-5-7-13(8-6-12)24-11-18(22)23-10-17(21)15-9-20-16-4-2-1-3-14(15)16/h1-9,20H,10-11H2. The Bertz CT molecular complexity index is 873. The second-order valence-corrected chi connectivity index (χ2v) is 6.56. The van der Waals surface area contributed by atoms with Gasteiger partial charge in [-0.05, 0) is 30.3 Å². The van der Waals surface area contributed by atoms with Gasteiger partial charge in [-0.1, -0.05) is 29.8 Å². The quantitative estimate of drug-likeness (QED) is 0.404. The zero-order valence-corrected chi connectivity index (χ0v) is 14.2. The first-order chi connectivity index (χ1) is 11.6. The number of carbonyl (C=O) groups excluding carboxylic acids is 2. The van der Waals surface area contributed by atoms with Crippen LogP contribution < -0.4 is 0 Å². The number of hydrogen-bond donors (Lipinski definition) is 1. The first-order valence-corrected chi connectivity index (χ1v) is 8.63. The number of para-hydroxylation sites is 1. The third-order valence-corrected chi connectivity index (χ3v) is 4.66. The number of ketones is 1. The molecule has 24 heavy (non-hydrogen) atoms. The van der Waals surface area contributed by atoms with E-state index in [0.29, 0.717) is 10.6 Å². The number of rotatable bonds is 6. The third-order valence-electron chi connectivity index (χ3n) is 3.42. The Morgan fingerprint density at radius 1 is 1.08 bits per heavy atom. The molecule has 6 heteroatoms. The Morgan fingerprint density at radius 3 is 2.62 bits per heavy atom. The number of fused-ring (bicyclic) bond motifs is 1. The summed E-state index contributed by atoms with van der Waals surface area (Å²) < 4.78 is 5.07. The zero-order chi connectivity index (χ0) is 16.9. The highest BCUT2D eigenvalue weighted by atomic mass is 35.5. The molecule has 0 atom stereocenters. The predicted molar refractivity (Wildman–Crippen MR) is 95.8 cm³/mol. The Balaban J connectivity index is 1.52. The average Bonchev–Trinajstić information content (AvgIpc) is 3.03. The number of ether oxygens (including phenoxy) is 1. The molecule has 0 aliphatic heterocycles. The van der Waals surface area contributed by atoms with Crippen LogP contribution >= 0.6 is 23.4 Å². The Hall–Kier alpha value is -2.24. The van der Waals surface area contributed by atoms with Gasteiger partial charge in [0.05, 0.1) is 5.75 Å². The van der Waals surface area contributed by atoms with Crippen LogP contribution in [0.2, 0.25) is 5.02 Å². The van der Waals surface area contributed by atoms with Crippen LogP contribution in [0.5, 0.6) is 0 Å². The van der Waals surface area contributed by atoms with Crippen LogP contribution in [0.1, 0.15) is 10.4 Å². The molecule has 0 aliphatic carbocycles. The van der Waals surface area contributed by atoms with E-state index in [1.54, 1.807) is 18.3 Å². The van der Waals surface area contributed by atoms with E-state index in [1.165, 1.54) is 11.8 Å². The highest BCUT2D eigenvalue weighted by Gasteiger charge is 2.14. The van der Waals surface area contributed by atoms with Crippen molar-refractivity contribution < 1.29 is 14.3 Å². The maximum atomic E-state index is 12.2. The number of carbonyl (C=O) groups is 2. The fourth-order valence-corrected chi connectivity index (χ4v) is 3.06. The molecule has 122 valence electrons. The number of H-pyrrole nitrogens is 1. The van der Waals surface area contributed by atoms with E-state index in [-0.39, 0.29) is 18.1 Å². The summed E-state index contributed by atoms with van der Waals surface area (Å²) in [4.78, 5) is 28.0. The highest BCUT2D eigenvalue weighted by molar-refractivity contribution is 8.00. The molecule has 0 amide bonds. The molecular formula is C18H14ClNO3S. The summed E-state index contributed by atoms with van der Waals surface area (Å²) in [6.45, 7) is -0.262. The summed E-state index contributed by atoms with van der Waals surface area (Å²) in [5, 5.41) is 1.47. The smallest absolute Gasteiger partial charge is 0.316 e. The number of nitrogens with one attached hydrogen (secondary N) is 1. The summed E-state index contributed by atoms with van der Waals surface area (Å²) in [6, 6.07) is 14.7. The van der Waals surface area contributed by atoms with Crippen LogP contribution in [0, 0.1) is 0 Å². The van der Waals surface area contributed by atoms with Crippen molar-refractivity contribution >= 4 is 46.0 Å². The van der Waals surface area contributed by atoms with Gasteiger partial charge in [-0.25, -0.2) is 0 Å². The van der Waals surface area contributed by atoms with Crippen molar-refractivity contribution in [3.05, 3.63) is 65.3 Å². The lowest BCUT2D eigenvalue weighted by atomic mass is 10.1. The van der Waals surface area contributed by atoms with Crippen LogP contribution in [0.25, 0.3) is 10.9 Å². The molecule has 2 aromatic carbocycles. The van der Waals surface area contributed by atoms with Crippen LogP contribution in [-0.4, -0.2) is 29.1 Å². The van der Waals surface area contributed by atoms with Crippen LogP contribution in [0.4, 0.5) is 0 Å². The molecule has 1 aromatic heterocycles. The van der Waals surface area contributed by atoms with Gasteiger partial charge in [0.25, 0.3) is 0 Å². The Labute approximate surface area is 148 Å². The van der Waals surface area contributed by atoms with Gasteiger partial charge in [0.2, 0.25) is 5.78 Å². The second-order valence-electron chi connectivity index (χ2n) is 5.07. The van der Waals surface area contributed by atoms with Gasteiger partial charge in [0.1, 0.15) is 0 Å². The molecule has 4 nitrogen and oxygen atoms in total. The number of esters is 1. The lowest BCUT2D eigenvalue weighted by Gasteiger charge is -2.04. The van der Waals surface area contributed by atoms with Crippen molar-refractivity contribution in [2.75, 3.05) is 12.4 Å². The largest absolute Gasteiger partial charge is 0.457 e. The lowest BCUT2D eigenvalue weighted by Crippen LogP contribution is -2.15. The molecule has 1 heterocycles. The minimum absolute atomic E-state index is 0.142. The number of thioether (sulfide) groups is 1. The monoisotopic (exact) mass is 359 g/mol. The maximum absolute atomic E-state index is 12.2. The van der Waals surface area contributed by atoms with E-state index in [4.69, 9.17) is 16.3 Å². The van der Waals surface area contributed by atoms with Gasteiger partial charge in [0, 0.05) is 32.6 Å². The van der Waals surface area contributed by atoms with Crippen molar-refractivity contribution in [1.29, 1.82) is 0 Å². The summed E-state index contributed by atoms with van der Waals surface area (Å²) in [5.74, 6) is -0.511. The van der Waals surface area contributed by atoms with Crippen LogP contribution in [0.3, 0.4) is 0 Å². The van der Waals surface area contributed by atoms with E-state index in [1.807, 2.05) is 36.4 Å². The molecule has 0 radical (unpaired) electrons. The molecule has 0 saturated carbocycles. The van der Waals surface area contributed by atoms with Gasteiger partial charge in [-0.2, -0.15) is 0 Å². The average molecular weight is 360 g/mol. The Kier molecular flexibility index (Phi) is 5.23. The van der Waals surface area contributed by atoms with Crippen LogP contribution in [-0.2, 0) is 9.53 Å². The topological polar surface area (TPSA) is 59.2 Å². The van der Waals surface area contributed by atoms with E-state index in [0.717, 1.165) is 15.8 Å². The van der Waals surface area contributed by atoms with E-state index >= 15 is 0 Å². The minimum atomic E-state index is -0.428. The summed E-state index contributed by atoms with van der Waals surface area (Å²) in [5.41, 5.74) is 1.41. The van der Waals surface area contributed by atoms with Crippen LogP contribution in [0.15, 0.2) is 59.6 Å².